The molecular weight excluding hydrogens is 943 g/mol. The summed E-state index contributed by atoms with van der Waals surface area (Å²) in [7, 11) is 0. The Kier molecular flexibility index (Phi) is 12.3. The minimum Gasteiger partial charge on any atom is -0.310 e. The molecule has 0 radical (unpaired) electrons. The topological polar surface area (TPSA) is 74.1 Å². The predicted octanol–water partition coefficient (Wildman–Crippen LogP) is 18.7. The third-order valence-electron chi connectivity index (χ3n) is 13.7. The average molecular weight is 984 g/mol. The van der Waals surface area contributed by atoms with Crippen molar-refractivity contribution in [2.75, 3.05) is 9.80 Å². The van der Waals surface area contributed by atoms with E-state index in [1.54, 1.807) is 48.5 Å². The molecule has 0 amide bonds. The smallest absolute Gasteiger partial charge is 0.198 e. The van der Waals surface area contributed by atoms with E-state index in [2.05, 4.69) is 181 Å². The van der Waals surface area contributed by atoms with Crippen molar-refractivity contribution < 1.29 is 0 Å². The quantitative estimate of drug-likeness (QED) is 0.121. The largest absolute Gasteiger partial charge is 0.310 e. The molecule has 358 valence electrons. The molecule has 2 heterocycles. The fourth-order valence-electron chi connectivity index (χ4n) is 10.2. The molecule has 0 N–H and O–H groups in total. The van der Waals surface area contributed by atoms with Crippen LogP contribution in [0.5, 0.6) is 0 Å². The first-order valence-electron chi connectivity index (χ1n) is 24.8. The fourth-order valence-corrected chi connectivity index (χ4v) is 10.2. The molecule has 0 fully saturated rings. The van der Waals surface area contributed by atoms with Crippen LogP contribution in [0.3, 0.4) is 0 Å². The fraction of sp³-hybridized carbons (Fsp3) is 0. The van der Waals surface area contributed by atoms with Crippen LogP contribution in [0.1, 0.15) is 5.56 Å². The van der Waals surface area contributed by atoms with Gasteiger partial charge in [0.1, 0.15) is 5.82 Å². The van der Waals surface area contributed by atoms with E-state index in [0.29, 0.717) is 56.3 Å². The number of rotatable bonds is 11. The molecule has 0 saturated heterocycles. The molecule has 0 unspecified atom stereocenters. The number of aromatic nitrogens is 3. The predicted molar refractivity (Wildman–Crippen MR) is 311 cm³/mol. The highest BCUT2D eigenvalue weighted by Gasteiger charge is 2.22. The lowest BCUT2D eigenvalue weighted by molar-refractivity contribution is 1.18. The third kappa shape index (κ3) is 8.71. The highest BCUT2D eigenvalue weighted by atomic mass is 15.1. The Balaban J connectivity index is 0.999. The molecule has 0 atom stereocenters. The summed E-state index contributed by atoms with van der Waals surface area (Å²) >= 11 is 0. The second-order valence-corrected chi connectivity index (χ2v) is 18.2. The Morgan fingerprint density at radius 1 is 0.377 bits per heavy atom. The van der Waals surface area contributed by atoms with Crippen LogP contribution in [-0.4, -0.2) is 14.5 Å². The number of benzene rings is 10. The van der Waals surface area contributed by atoms with E-state index in [1.165, 1.54) is 0 Å². The van der Waals surface area contributed by atoms with Crippen LogP contribution in [0, 0.1) is 31.0 Å². The van der Waals surface area contributed by atoms with Gasteiger partial charge >= 0.3 is 0 Å². The first kappa shape index (κ1) is 46.7. The number of hydrogen-bond donors (Lipinski definition) is 0. The van der Waals surface area contributed by atoms with Crippen LogP contribution in [0.4, 0.5) is 51.2 Å². The zero-order valence-corrected chi connectivity index (χ0v) is 41.2. The molecule has 0 aliphatic carbocycles. The summed E-state index contributed by atoms with van der Waals surface area (Å²) < 4.78 is 2.29. The molecule has 9 nitrogen and oxygen atoms in total. The van der Waals surface area contributed by atoms with Gasteiger partial charge in [-0.1, -0.05) is 133 Å². The van der Waals surface area contributed by atoms with Crippen molar-refractivity contribution in [1.82, 2.24) is 14.5 Å². The van der Waals surface area contributed by atoms with Gasteiger partial charge in [-0.05, 0) is 126 Å². The Bertz CT molecular complexity index is 4080. The number of fused-ring (bicyclic) bond motifs is 3. The van der Waals surface area contributed by atoms with Crippen LogP contribution in [0.2, 0.25) is 0 Å². The van der Waals surface area contributed by atoms with Gasteiger partial charge in [-0.15, -0.1) is 0 Å². The molecule has 10 aromatic carbocycles. The number of anilines is 6. The van der Waals surface area contributed by atoms with Gasteiger partial charge in [-0.2, -0.15) is 5.26 Å². The lowest BCUT2D eigenvalue weighted by Gasteiger charge is -2.26. The maximum absolute atomic E-state index is 10.8. The van der Waals surface area contributed by atoms with Crippen LogP contribution in [0.15, 0.2) is 249 Å². The van der Waals surface area contributed by atoms with Gasteiger partial charge in [0.05, 0.1) is 53.8 Å². The zero-order chi connectivity index (χ0) is 52.2. The van der Waals surface area contributed by atoms with Crippen LogP contribution < -0.4 is 9.80 Å². The lowest BCUT2D eigenvalue weighted by Crippen LogP contribution is -2.09. The standard InChI is InChI=1S/C68H41N9/c1-70-61-30-18-16-28-55(61)64-44-65(74-68(73-64)56-29-17-19-31-62(56)71-2)58-43-63(72-3)57(40-47(58)45-69)46-32-34-52(35-33-46)77-66-38-36-53(75(48-20-8-4-9-21-48)49-22-10-5-11-23-49)41-59(66)60-42-54(37-39-67(60)77)76(50-24-12-6-13-25-50)51-26-14-7-15-27-51/h4-44H. The SMILES string of the molecule is [C-]#[N+]c1cc(-c2cc(-c3ccccc3[N+]#[C-])nc(-c3ccccc3[N+]#[C-])n2)c(C#N)cc1-c1ccc(-n2c3ccc(N(c4ccccc4)c4ccccc4)cc3c3cc(N(c4ccccc4)c4ccccc4)ccc32)cc1. The van der Waals surface area contributed by atoms with Crippen LogP contribution in [-0.2, 0) is 0 Å². The summed E-state index contributed by atoms with van der Waals surface area (Å²) in [6.45, 7) is 24.2. The molecular formula is C68H41N9. The Hall–Kier alpha value is -11.4. The van der Waals surface area contributed by atoms with Gasteiger partial charge < -0.3 is 14.4 Å². The number of nitriles is 1. The normalized spacial score (nSPS) is 10.8. The second kappa shape index (κ2) is 20.3. The lowest BCUT2D eigenvalue weighted by atomic mass is 9.95. The van der Waals surface area contributed by atoms with Gasteiger partial charge in [0.25, 0.3) is 0 Å². The molecule has 0 saturated carbocycles. The summed E-state index contributed by atoms with van der Waals surface area (Å²) in [5.74, 6) is 0.267. The summed E-state index contributed by atoms with van der Waals surface area (Å²) in [6, 6.07) is 85.0. The molecule has 0 aliphatic heterocycles. The van der Waals surface area contributed by atoms with Crippen molar-refractivity contribution in [3.8, 4) is 56.8 Å². The van der Waals surface area contributed by atoms with E-state index < -0.39 is 0 Å². The number of nitrogens with zero attached hydrogens (tertiary/aromatic N) is 9. The van der Waals surface area contributed by atoms with Crippen LogP contribution in [0.25, 0.3) is 87.1 Å². The maximum Gasteiger partial charge on any atom is 0.198 e. The highest BCUT2D eigenvalue weighted by Crippen LogP contribution is 2.45. The Morgan fingerprint density at radius 3 is 1.27 bits per heavy atom. The van der Waals surface area contributed by atoms with E-state index >= 15 is 0 Å². The Morgan fingerprint density at radius 2 is 0.805 bits per heavy atom. The number of hydrogen-bond acceptors (Lipinski definition) is 5. The molecule has 12 aromatic rings. The van der Waals surface area contributed by atoms with E-state index in [9.17, 15) is 5.26 Å². The average Bonchev–Trinajstić information content (AvgIpc) is 3.94. The monoisotopic (exact) mass is 983 g/mol. The summed E-state index contributed by atoms with van der Waals surface area (Å²) in [5.41, 5.74) is 14.3. The summed E-state index contributed by atoms with van der Waals surface area (Å²) in [5, 5.41) is 13.0. The molecule has 77 heavy (non-hydrogen) atoms. The molecule has 0 aliphatic rings. The first-order valence-corrected chi connectivity index (χ1v) is 24.8. The third-order valence-corrected chi connectivity index (χ3v) is 13.7. The van der Waals surface area contributed by atoms with Crippen molar-refractivity contribution in [2.45, 2.75) is 0 Å². The van der Waals surface area contributed by atoms with E-state index in [-0.39, 0.29) is 5.82 Å². The van der Waals surface area contributed by atoms with Gasteiger partial charge in [-0.25, -0.2) is 24.5 Å². The van der Waals surface area contributed by atoms with E-state index in [0.717, 1.165) is 67.2 Å². The minimum atomic E-state index is 0.267. The van der Waals surface area contributed by atoms with E-state index in [4.69, 9.17) is 29.7 Å². The molecule has 12 rings (SSSR count). The van der Waals surface area contributed by atoms with Crippen molar-refractivity contribution in [1.29, 1.82) is 5.26 Å². The van der Waals surface area contributed by atoms with E-state index in [1.807, 2.05) is 54.6 Å². The molecule has 2 aromatic heterocycles. The highest BCUT2D eigenvalue weighted by molar-refractivity contribution is 6.12. The molecule has 0 bridgehead atoms. The maximum atomic E-state index is 10.8. The number of para-hydroxylation sites is 6. The second-order valence-electron chi connectivity index (χ2n) is 18.2. The Labute approximate surface area is 445 Å². The van der Waals surface area contributed by atoms with Crippen molar-refractivity contribution in [3.05, 3.63) is 289 Å². The van der Waals surface area contributed by atoms with Gasteiger partial charge in [0, 0.05) is 67.3 Å². The van der Waals surface area contributed by atoms with Gasteiger partial charge in [0.15, 0.2) is 17.1 Å². The zero-order valence-electron chi connectivity index (χ0n) is 41.2. The van der Waals surface area contributed by atoms with Crippen molar-refractivity contribution in [2.24, 2.45) is 0 Å². The van der Waals surface area contributed by atoms with Crippen molar-refractivity contribution in [3.63, 3.8) is 0 Å². The summed E-state index contributed by atoms with van der Waals surface area (Å²) in [6.07, 6.45) is 0. The van der Waals surface area contributed by atoms with Crippen LogP contribution >= 0.6 is 0 Å². The molecule has 9 heteroatoms. The minimum absolute atomic E-state index is 0.267. The first-order chi connectivity index (χ1) is 38.0. The van der Waals surface area contributed by atoms with Gasteiger partial charge in [0.2, 0.25) is 0 Å². The van der Waals surface area contributed by atoms with Crippen molar-refractivity contribution >= 4 is 73.0 Å². The van der Waals surface area contributed by atoms with Gasteiger partial charge in [-0.3, -0.25) is 0 Å². The summed E-state index contributed by atoms with van der Waals surface area (Å²) in [4.78, 5) is 25.9. The molecule has 0 spiro atoms.